The van der Waals surface area contributed by atoms with Crippen LogP contribution in [-0.2, 0) is 22.7 Å². The molecule has 0 saturated heterocycles. The van der Waals surface area contributed by atoms with Crippen molar-refractivity contribution >= 4 is 29.2 Å². The first-order valence-corrected chi connectivity index (χ1v) is 10.5. The molecule has 1 aliphatic carbocycles. The van der Waals surface area contributed by atoms with Crippen LogP contribution < -0.4 is 10.6 Å². The molecule has 0 aromatic heterocycles. The summed E-state index contributed by atoms with van der Waals surface area (Å²) in [5.74, 6) is -0.383. The van der Waals surface area contributed by atoms with Gasteiger partial charge in [-0.25, -0.2) is 4.79 Å². The number of urea groups is 1. The van der Waals surface area contributed by atoms with E-state index in [1.54, 1.807) is 11.0 Å². The Bertz CT molecular complexity index is 1050. The monoisotopic (exact) mass is 419 g/mol. The van der Waals surface area contributed by atoms with Gasteiger partial charge >= 0.3 is 6.03 Å². The number of fused-ring (bicyclic) bond motifs is 1. The maximum absolute atomic E-state index is 12.8. The zero-order chi connectivity index (χ0) is 22.0. The van der Waals surface area contributed by atoms with Crippen LogP contribution in [0, 0.1) is 6.92 Å². The Morgan fingerprint density at radius 3 is 2.65 bits per heavy atom. The highest BCUT2D eigenvalue weighted by Gasteiger charge is 2.37. The Balaban J connectivity index is 1.39. The predicted octanol–water partition coefficient (Wildman–Crippen LogP) is 3.35. The van der Waals surface area contributed by atoms with Gasteiger partial charge in [-0.1, -0.05) is 29.8 Å². The SMILES string of the molecule is Cc1ccc(NC(=O)NCc2ccc3c(c2)CN(C2CCCC(=O)CC2=O)C3=O)cc1. The molecule has 2 aliphatic rings. The second-order valence-corrected chi connectivity index (χ2v) is 8.19. The Labute approximate surface area is 180 Å². The van der Waals surface area contributed by atoms with Gasteiger partial charge in [-0.05, 0) is 49.1 Å². The number of ketones is 2. The number of aryl methyl sites for hydroxylation is 1. The predicted molar refractivity (Wildman–Crippen MR) is 116 cm³/mol. The number of carbonyl (C=O) groups is 4. The summed E-state index contributed by atoms with van der Waals surface area (Å²) in [4.78, 5) is 50.7. The molecule has 0 radical (unpaired) electrons. The van der Waals surface area contributed by atoms with E-state index in [9.17, 15) is 19.2 Å². The van der Waals surface area contributed by atoms with Crippen LogP contribution in [0.3, 0.4) is 0 Å². The molecule has 1 atom stereocenters. The fourth-order valence-electron chi connectivity index (χ4n) is 4.14. The second-order valence-electron chi connectivity index (χ2n) is 8.19. The summed E-state index contributed by atoms with van der Waals surface area (Å²) >= 11 is 0. The average molecular weight is 419 g/mol. The van der Waals surface area contributed by atoms with Crippen molar-refractivity contribution in [2.75, 3.05) is 5.32 Å². The van der Waals surface area contributed by atoms with Gasteiger partial charge in [-0.15, -0.1) is 0 Å². The number of amides is 3. The third kappa shape index (κ3) is 4.66. The Kier molecular flexibility index (Phi) is 5.84. The van der Waals surface area contributed by atoms with Gasteiger partial charge < -0.3 is 15.5 Å². The number of hydrogen-bond donors (Lipinski definition) is 2. The third-order valence-electron chi connectivity index (χ3n) is 5.82. The zero-order valence-electron chi connectivity index (χ0n) is 17.4. The summed E-state index contributed by atoms with van der Waals surface area (Å²) in [5.41, 5.74) is 4.12. The number of carbonyl (C=O) groups excluding carboxylic acids is 4. The largest absolute Gasteiger partial charge is 0.334 e. The van der Waals surface area contributed by atoms with Crippen LogP contribution in [0.5, 0.6) is 0 Å². The average Bonchev–Trinajstić information content (AvgIpc) is 2.96. The van der Waals surface area contributed by atoms with Crippen molar-refractivity contribution in [2.24, 2.45) is 0 Å². The third-order valence-corrected chi connectivity index (χ3v) is 5.82. The number of nitrogens with zero attached hydrogens (tertiary/aromatic N) is 1. The molecule has 1 saturated carbocycles. The van der Waals surface area contributed by atoms with Crippen LogP contribution in [0.25, 0.3) is 0 Å². The lowest BCUT2D eigenvalue weighted by Gasteiger charge is -2.25. The minimum Gasteiger partial charge on any atom is -0.334 e. The number of Topliss-reactive ketones (excluding diaryl/α,β-unsaturated/α-hetero) is 2. The molecule has 1 unspecified atom stereocenters. The summed E-state index contributed by atoms with van der Waals surface area (Å²) in [6, 6.07) is 12.1. The van der Waals surface area contributed by atoms with Crippen molar-refractivity contribution in [3.8, 4) is 0 Å². The summed E-state index contributed by atoms with van der Waals surface area (Å²) < 4.78 is 0. The number of rotatable bonds is 4. The van der Waals surface area contributed by atoms with E-state index in [2.05, 4.69) is 10.6 Å². The maximum atomic E-state index is 12.8. The van der Waals surface area contributed by atoms with E-state index < -0.39 is 6.04 Å². The molecule has 7 nitrogen and oxygen atoms in total. The lowest BCUT2D eigenvalue weighted by atomic mass is 10.1. The first kappa shape index (κ1) is 20.8. The van der Waals surface area contributed by atoms with Crippen LogP contribution in [0.1, 0.15) is 52.7 Å². The minimum absolute atomic E-state index is 0.0473. The van der Waals surface area contributed by atoms with Gasteiger partial charge in [-0.3, -0.25) is 14.4 Å². The molecule has 7 heteroatoms. The highest BCUT2D eigenvalue weighted by molar-refractivity contribution is 6.06. The lowest BCUT2D eigenvalue weighted by molar-refractivity contribution is -0.128. The number of nitrogens with one attached hydrogen (secondary N) is 2. The number of benzene rings is 2. The van der Waals surface area contributed by atoms with Gasteiger partial charge in [0.1, 0.15) is 5.78 Å². The smallest absolute Gasteiger partial charge is 0.319 e. The first-order valence-electron chi connectivity index (χ1n) is 10.5. The molecule has 0 bridgehead atoms. The number of anilines is 1. The Hall–Kier alpha value is -3.48. The molecule has 31 heavy (non-hydrogen) atoms. The molecule has 1 aliphatic heterocycles. The van der Waals surface area contributed by atoms with Gasteiger partial charge in [0.2, 0.25) is 0 Å². The lowest BCUT2D eigenvalue weighted by Crippen LogP contribution is -2.41. The maximum Gasteiger partial charge on any atom is 0.319 e. The van der Waals surface area contributed by atoms with Gasteiger partial charge in [-0.2, -0.15) is 0 Å². The van der Waals surface area contributed by atoms with Crippen LogP contribution in [-0.4, -0.2) is 34.4 Å². The summed E-state index contributed by atoms with van der Waals surface area (Å²) in [6.07, 6.45) is 1.46. The van der Waals surface area contributed by atoms with Crippen molar-refractivity contribution < 1.29 is 19.2 Å². The molecule has 1 fully saturated rings. The Morgan fingerprint density at radius 2 is 1.87 bits per heavy atom. The van der Waals surface area contributed by atoms with E-state index in [1.165, 1.54) is 0 Å². The van der Waals surface area contributed by atoms with E-state index in [4.69, 9.17) is 0 Å². The molecule has 2 aromatic rings. The molecule has 2 aromatic carbocycles. The van der Waals surface area contributed by atoms with Crippen molar-refractivity contribution in [3.63, 3.8) is 0 Å². The van der Waals surface area contributed by atoms with Gasteiger partial charge in [0, 0.05) is 30.8 Å². The normalized spacial score (nSPS) is 18.5. The van der Waals surface area contributed by atoms with Crippen molar-refractivity contribution in [1.29, 1.82) is 0 Å². The first-order chi connectivity index (χ1) is 14.9. The highest BCUT2D eigenvalue weighted by atomic mass is 16.2. The molecule has 4 rings (SSSR count). The van der Waals surface area contributed by atoms with Gasteiger partial charge in [0.25, 0.3) is 5.91 Å². The van der Waals surface area contributed by atoms with E-state index >= 15 is 0 Å². The van der Waals surface area contributed by atoms with Crippen molar-refractivity contribution in [3.05, 3.63) is 64.7 Å². The van der Waals surface area contributed by atoms with E-state index in [1.807, 2.05) is 43.3 Å². The fraction of sp³-hybridized carbons (Fsp3) is 0.333. The molecule has 2 N–H and O–H groups in total. The standard InChI is InChI=1S/C24H25N3O4/c1-15-5-8-18(9-6-15)26-24(31)25-13-16-7-10-20-17(11-16)14-27(23(20)30)21-4-2-3-19(28)12-22(21)29/h5-11,21H,2-4,12-14H2,1H3,(H2,25,26,31). The van der Waals surface area contributed by atoms with E-state index in [0.29, 0.717) is 43.6 Å². The molecule has 3 amide bonds. The topological polar surface area (TPSA) is 95.6 Å². The van der Waals surface area contributed by atoms with E-state index in [-0.39, 0.29) is 29.9 Å². The highest BCUT2D eigenvalue weighted by Crippen LogP contribution is 2.29. The molecule has 1 heterocycles. The van der Waals surface area contributed by atoms with Crippen molar-refractivity contribution in [2.45, 2.75) is 51.7 Å². The van der Waals surface area contributed by atoms with Gasteiger partial charge in [0.05, 0.1) is 12.5 Å². The van der Waals surface area contributed by atoms with Gasteiger partial charge in [0.15, 0.2) is 5.78 Å². The summed E-state index contributed by atoms with van der Waals surface area (Å²) in [7, 11) is 0. The van der Waals surface area contributed by atoms with Crippen LogP contribution in [0.2, 0.25) is 0 Å². The van der Waals surface area contributed by atoms with Crippen molar-refractivity contribution in [1.82, 2.24) is 10.2 Å². The van der Waals surface area contributed by atoms with Crippen LogP contribution >= 0.6 is 0 Å². The fourth-order valence-corrected chi connectivity index (χ4v) is 4.14. The zero-order valence-corrected chi connectivity index (χ0v) is 17.4. The number of hydrogen-bond acceptors (Lipinski definition) is 4. The second kappa shape index (κ2) is 8.71. The summed E-state index contributed by atoms with van der Waals surface area (Å²) in [6.45, 7) is 2.65. The van der Waals surface area contributed by atoms with Crippen LogP contribution in [0.4, 0.5) is 10.5 Å². The Morgan fingerprint density at radius 1 is 1.10 bits per heavy atom. The molecule has 0 spiro atoms. The molecular formula is C24H25N3O4. The quantitative estimate of drug-likeness (QED) is 0.587. The minimum atomic E-state index is -0.534. The molecule has 160 valence electrons. The summed E-state index contributed by atoms with van der Waals surface area (Å²) in [5, 5.41) is 5.60. The van der Waals surface area contributed by atoms with Crippen LogP contribution in [0.15, 0.2) is 42.5 Å². The molecular weight excluding hydrogens is 394 g/mol. The van der Waals surface area contributed by atoms with E-state index in [0.717, 1.165) is 16.7 Å².